The SMILES string of the molecule is COc1cc2c(cc1OCCCOc1c(OC)cc3c(c1Cl)C(C)N(C(=O)CC(C)C(=O)O)C3)CN(C(=O)C[C@H](C)C(=O)O)C2. The van der Waals surface area contributed by atoms with Gasteiger partial charge in [0.2, 0.25) is 11.8 Å². The van der Waals surface area contributed by atoms with Crippen molar-refractivity contribution in [2.45, 2.75) is 65.7 Å². The van der Waals surface area contributed by atoms with Crippen LogP contribution in [-0.4, -0.2) is 71.2 Å². The van der Waals surface area contributed by atoms with Crippen LogP contribution in [0.5, 0.6) is 23.0 Å². The smallest absolute Gasteiger partial charge is 0.306 e. The van der Waals surface area contributed by atoms with Crippen molar-refractivity contribution in [1.29, 1.82) is 0 Å². The van der Waals surface area contributed by atoms with Gasteiger partial charge in [0.15, 0.2) is 23.0 Å². The Kier molecular flexibility index (Phi) is 10.7. The van der Waals surface area contributed by atoms with Crippen molar-refractivity contribution in [3.8, 4) is 23.0 Å². The van der Waals surface area contributed by atoms with E-state index in [1.165, 1.54) is 28.1 Å². The van der Waals surface area contributed by atoms with E-state index >= 15 is 0 Å². The molecule has 3 atom stereocenters. The first kappa shape index (κ1) is 33.7. The topological polar surface area (TPSA) is 152 Å². The van der Waals surface area contributed by atoms with Crippen LogP contribution in [0.15, 0.2) is 18.2 Å². The molecule has 2 unspecified atom stereocenters. The number of carboxylic acid groups (broad SMARTS) is 2. The second-order valence-corrected chi connectivity index (χ2v) is 11.8. The highest BCUT2D eigenvalue weighted by atomic mass is 35.5. The zero-order valence-corrected chi connectivity index (χ0v) is 26.8. The summed E-state index contributed by atoms with van der Waals surface area (Å²) in [6.45, 7) is 6.44. The molecule has 2 aliphatic heterocycles. The predicted octanol–water partition coefficient (Wildman–Crippen LogP) is 4.67. The Morgan fingerprint density at radius 1 is 0.822 bits per heavy atom. The zero-order chi connectivity index (χ0) is 33.0. The number of aliphatic carboxylic acids is 2. The summed E-state index contributed by atoms with van der Waals surface area (Å²) in [7, 11) is 3.04. The summed E-state index contributed by atoms with van der Waals surface area (Å²) in [4.78, 5) is 51.1. The number of ether oxygens (including phenoxy) is 4. The van der Waals surface area contributed by atoms with Gasteiger partial charge in [0.05, 0.1) is 50.3 Å². The summed E-state index contributed by atoms with van der Waals surface area (Å²) < 4.78 is 23.1. The van der Waals surface area contributed by atoms with Gasteiger partial charge in [0.25, 0.3) is 0 Å². The first-order valence-corrected chi connectivity index (χ1v) is 15.1. The average Bonchev–Trinajstić information content (AvgIpc) is 3.57. The van der Waals surface area contributed by atoms with E-state index < -0.39 is 23.8 Å². The molecule has 2 heterocycles. The molecule has 4 rings (SSSR count). The monoisotopic (exact) mass is 646 g/mol. The van der Waals surface area contributed by atoms with Crippen molar-refractivity contribution in [3.63, 3.8) is 0 Å². The molecule has 2 aromatic carbocycles. The number of methoxy groups -OCH3 is 2. The van der Waals surface area contributed by atoms with Crippen molar-refractivity contribution < 1.29 is 48.3 Å². The quantitative estimate of drug-likeness (QED) is 0.277. The van der Waals surface area contributed by atoms with Crippen LogP contribution in [-0.2, 0) is 38.8 Å². The highest BCUT2D eigenvalue weighted by Crippen LogP contribution is 2.47. The second kappa shape index (κ2) is 14.3. The van der Waals surface area contributed by atoms with Gasteiger partial charge in [-0.25, -0.2) is 0 Å². The Morgan fingerprint density at radius 3 is 1.93 bits per heavy atom. The summed E-state index contributed by atoms with van der Waals surface area (Å²) >= 11 is 6.80. The second-order valence-electron chi connectivity index (χ2n) is 11.5. The third-order valence-electron chi connectivity index (χ3n) is 8.24. The summed E-state index contributed by atoms with van der Waals surface area (Å²) in [5.41, 5.74) is 3.39. The molecule has 0 bridgehead atoms. The molecule has 0 fully saturated rings. The molecule has 45 heavy (non-hydrogen) atoms. The first-order chi connectivity index (χ1) is 21.4. The molecule has 13 heteroatoms. The van der Waals surface area contributed by atoms with E-state index in [2.05, 4.69) is 0 Å². The summed E-state index contributed by atoms with van der Waals surface area (Å²) in [5.74, 6) is -2.24. The minimum atomic E-state index is -1.02. The number of benzene rings is 2. The fourth-order valence-electron chi connectivity index (χ4n) is 5.54. The molecular weight excluding hydrogens is 608 g/mol. The fraction of sp³-hybridized carbons (Fsp3) is 0.500. The molecule has 2 amide bonds. The third kappa shape index (κ3) is 7.38. The number of hydrogen-bond acceptors (Lipinski definition) is 8. The number of rotatable bonds is 14. The standard InChI is InChI=1S/C32H39ClN2O10/c1-17(31(38)39)9-26(36)34-14-20-11-23(42-4)24(12-21(20)15-34)44-7-6-8-45-30-25(43-5)13-22-16-35(19(3)28(22)29(30)33)27(37)10-18(2)32(40)41/h11-13,17-19H,6-10,14-16H2,1-5H3,(H,38,39)(H,40,41)/t17-,18?,19?/m0/s1. The van der Waals surface area contributed by atoms with Gasteiger partial charge in [-0.15, -0.1) is 0 Å². The fourth-order valence-corrected chi connectivity index (χ4v) is 5.96. The molecule has 0 spiro atoms. The molecular formula is C32H39ClN2O10. The molecule has 0 radical (unpaired) electrons. The van der Waals surface area contributed by atoms with E-state index in [0.717, 1.165) is 22.3 Å². The molecule has 0 saturated heterocycles. The van der Waals surface area contributed by atoms with Crippen LogP contribution in [0.1, 0.15) is 68.3 Å². The van der Waals surface area contributed by atoms with Crippen LogP contribution in [0.2, 0.25) is 5.02 Å². The normalized spacial score (nSPS) is 16.4. The van der Waals surface area contributed by atoms with E-state index in [1.807, 2.05) is 19.1 Å². The number of amides is 2. The van der Waals surface area contributed by atoms with E-state index in [4.69, 9.17) is 35.7 Å². The maximum atomic E-state index is 12.9. The Morgan fingerprint density at radius 2 is 1.36 bits per heavy atom. The Bertz CT molecular complexity index is 1480. The van der Waals surface area contributed by atoms with Crippen LogP contribution in [0.25, 0.3) is 0 Å². The highest BCUT2D eigenvalue weighted by molar-refractivity contribution is 6.33. The molecule has 0 aliphatic carbocycles. The van der Waals surface area contributed by atoms with Gasteiger partial charge >= 0.3 is 11.9 Å². The van der Waals surface area contributed by atoms with Crippen LogP contribution >= 0.6 is 11.6 Å². The molecule has 2 aromatic rings. The van der Waals surface area contributed by atoms with Crippen molar-refractivity contribution in [3.05, 3.63) is 45.5 Å². The maximum absolute atomic E-state index is 12.9. The molecule has 2 aliphatic rings. The number of halogens is 1. The minimum Gasteiger partial charge on any atom is -0.493 e. The summed E-state index contributed by atoms with van der Waals surface area (Å²) in [6, 6.07) is 5.11. The van der Waals surface area contributed by atoms with Crippen LogP contribution in [0.3, 0.4) is 0 Å². The van der Waals surface area contributed by atoms with E-state index in [9.17, 15) is 24.3 Å². The van der Waals surface area contributed by atoms with Gasteiger partial charge in [-0.3, -0.25) is 19.2 Å². The lowest BCUT2D eigenvalue weighted by atomic mass is 10.0. The highest BCUT2D eigenvalue weighted by Gasteiger charge is 2.36. The number of hydrogen-bond donors (Lipinski definition) is 2. The number of carboxylic acids is 2. The van der Waals surface area contributed by atoms with Gasteiger partial charge < -0.3 is 39.0 Å². The van der Waals surface area contributed by atoms with Crippen molar-refractivity contribution in [1.82, 2.24) is 9.80 Å². The summed E-state index contributed by atoms with van der Waals surface area (Å²) in [5, 5.41) is 18.7. The van der Waals surface area contributed by atoms with Gasteiger partial charge in [0, 0.05) is 44.5 Å². The molecule has 12 nitrogen and oxygen atoms in total. The third-order valence-corrected chi connectivity index (χ3v) is 8.61. The Labute approximate surface area is 266 Å². The van der Waals surface area contributed by atoms with Gasteiger partial charge in [-0.1, -0.05) is 25.4 Å². The molecule has 244 valence electrons. The average molecular weight is 647 g/mol. The number of carbonyl (C=O) groups excluding carboxylic acids is 2. The zero-order valence-electron chi connectivity index (χ0n) is 26.1. The van der Waals surface area contributed by atoms with E-state index in [1.54, 1.807) is 15.9 Å². The predicted molar refractivity (Wildman–Crippen MR) is 163 cm³/mol. The molecule has 0 aromatic heterocycles. The first-order valence-electron chi connectivity index (χ1n) is 14.7. The number of fused-ring (bicyclic) bond motifs is 2. The Balaban J connectivity index is 1.36. The molecule has 2 N–H and O–H groups in total. The van der Waals surface area contributed by atoms with Gasteiger partial charge in [-0.05, 0) is 41.8 Å². The van der Waals surface area contributed by atoms with E-state index in [0.29, 0.717) is 60.7 Å². The maximum Gasteiger partial charge on any atom is 0.306 e. The Hall–Kier alpha value is -4.19. The minimum absolute atomic E-state index is 0.0653. The summed E-state index contributed by atoms with van der Waals surface area (Å²) in [6.07, 6.45) is 0.315. The van der Waals surface area contributed by atoms with Crippen molar-refractivity contribution >= 4 is 35.4 Å². The van der Waals surface area contributed by atoms with E-state index in [-0.39, 0.29) is 37.3 Å². The molecule has 0 saturated carbocycles. The number of nitrogens with zero attached hydrogens (tertiary/aromatic N) is 2. The van der Waals surface area contributed by atoms with Crippen molar-refractivity contribution in [2.24, 2.45) is 11.8 Å². The van der Waals surface area contributed by atoms with Gasteiger partial charge in [0.1, 0.15) is 0 Å². The lowest BCUT2D eigenvalue weighted by Crippen LogP contribution is -2.30. The number of carbonyl (C=O) groups is 4. The van der Waals surface area contributed by atoms with Crippen LogP contribution in [0, 0.1) is 11.8 Å². The van der Waals surface area contributed by atoms with Gasteiger partial charge in [-0.2, -0.15) is 0 Å². The largest absolute Gasteiger partial charge is 0.493 e. The van der Waals surface area contributed by atoms with Crippen LogP contribution in [0.4, 0.5) is 0 Å². The van der Waals surface area contributed by atoms with Crippen molar-refractivity contribution in [2.75, 3.05) is 27.4 Å². The lowest BCUT2D eigenvalue weighted by Gasteiger charge is -2.23. The lowest BCUT2D eigenvalue weighted by molar-refractivity contribution is -0.146. The van der Waals surface area contributed by atoms with Crippen LogP contribution < -0.4 is 18.9 Å².